The van der Waals surface area contributed by atoms with E-state index in [4.69, 9.17) is 4.52 Å². The third kappa shape index (κ3) is 1.94. The average molecular weight is 246 g/mol. The monoisotopic (exact) mass is 246 g/mol. The SMILES string of the molecule is Cc1noc2ncnc(NC3CCCCC3C)c12. The Morgan fingerprint density at radius 1 is 1.28 bits per heavy atom. The zero-order chi connectivity index (χ0) is 12.5. The highest BCUT2D eigenvalue weighted by molar-refractivity contribution is 5.87. The van der Waals surface area contributed by atoms with Crippen molar-refractivity contribution < 1.29 is 4.52 Å². The molecule has 2 aromatic heterocycles. The van der Waals surface area contributed by atoms with Crippen LogP contribution in [-0.4, -0.2) is 21.2 Å². The van der Waals surface area contributed by atoms with Crippen molar-refractivity contribution >= 4 is 16.9 Å². The third-order valence-electron chi connectivity index (χ3n) is 3.88. The molecule has 1 fully saturated rings. The van der Waals surface area contributed by atoms with E-state index in [1.54, 1.807) is 0 Å². The zero-order valence-electron chi connectivity index (χ0n) is 10.8. The van der Waals surface area contributed by atoms with E-state index < -0.39 is 0 Å². The molecule has 2 atom stereocenters. The van der Waals surface area contributed by atoms with Gasteiger partial charge in [-0.25, -0.2) is 4.98 Å². The molecule has 96 valence electrons. The lowest BCUT2D eigenvalue weighted by Crippen LogP contribution is -2.30. The van der Waals surface area contributed by atoms with E-state index in [0.29, 0.717) is 17.7 Å². The van der Waals surface area contributed by atoms with Gasteiger partial charge < -0.3 is 9.84 Å². The van der Waals surface area contributed by atoms with Crippen LogP contribution in [0.3, 0.4) is 0 Å². The molecule has 0 aromatic carbocycles. The van der Waals surface area contributed by atoms with Crippen LogP contribution in [0.5, 0.6) is 0 Å². The first-order valence-corrected chi connectivity index (χ1v) is 6.59. The zero-order valence-corrected chi connectivity index (χ0v) is 10.8. The molecule has 3 rings (SSSR count). The summed E-state index contributed by atoms with van der Waals surface area (Å²) >= 11 is 0. The van der Waals surface area contributed by atoms with Gasteiger partial charge >= 0.3 is 0 Å². The van der Waals surface area contributed by atoms with Crippen molar-refractivity contribution in [3.05, 3.63) is 12.0 Å². The molecular weight excluding hydrogens is 228 g/mol. The molecule has 0 amide bonds. The van der Waals surface area contributed by atoms with Crippen LogP contribution >= 0.6 is 0 Å². The van der Waals surface area contributed by atoms with Crippen LogP contribution in [0.1, 0.15) is 38.3 Å². The Balaban J connectivity index is 1.92. The fourth-order valence-corrected chi connectivity index (χ4v) is 2.74. The Labute approximate surface area is 106 Å². The van der Waals surface area contributed by atoms with Gasteiger partial charge in [0.25, 0.3) is 5.71 Å². The van der Waals surface area contributed by atoms with Crippen molar-refractivity contribution in [3.8, 4) is 0 Å². The minimum Gasteiger partial charge on any atom is -0.366 e. The van der Waals surface area contributed by atoms with Gasteiger partial charge in [-0.05, 0) is 25.7 Å². The second kappa shape index (κ2) is 4.55. The van der Waals surface area contributed by atoms with Crippen LogP contribution < -0.4 is 5.32 Å². The maximum absolute atomic E-state index is 5.16. The quantitative estimate of drug-likeness (QED) is 0.882. The van der Waals surface area contributed by atoms with E-state index in [1.165, 1.54) is 32.0 Å². The Kier molecular flexibility index (Phi) is 2.89. The van der Waals surface area contributed by atoms with Crippen LogP contribution in [0.4, 0.5) is 5.82 Å². The second-order valence-electron chi connectivity index (χ2n) is 5.18. The summed E-state index contributed by atoms with van der Waals surface area (Å²) in [5.41, 5.74) is 1.41. The number of nitrogens with zero attached hydrogens (tertiary/aromatic N) is 3. The van der Waals surface area contributed by atoms with Crippen molar-refractivity contribution in [1.82, 2.24) is 15.1 Å². The highest BCUT2D eigenvalue weighted by atomic mass is 16.5. The standard InChI is InChI=1S/C13H18N4O/c1-8-5-3-4-6-10(8)16-12-11-9(2)17-18-13(11)15-7-14-12/h7-8,10H,3-6H2,1-2H3,(H,14,15,16). The van der Waals surface area contributed by atoms with Crippen molar-refractivity contribution in [1.29, 1.82) is 0 Å². The molecule has 5 nitrogen and oxygen atoms in total. The van der Waals surface area contributed by atoms with Gasteiger partial charge in [-0.1, -0.05) is 24.9 Å². The molecule has 18 heavy (non-hydrogen) atoms. The first-order chi connectivity index (χ1) is 8.75. The van der Waals surface area contributed by atoms with Gasteiger partial charge in [0.05, 0.1) is 5.69 Å². The van der Waals surface area contributed by atoms with Gasteiger partial charge in [0, 0.05) is 6.04 Å². The predicted octanol–water partition coefficient (Wildman–Crippen LogP) is 2.92. The summed E-state index contributed by atoms with van der Waals surface area (Å²) < 4.78 is 5.16. The molecule has 0 bridgehead atoms. The van der Waals surface area contributed by atoms with Crippen LogP contribution in [0.25, 0.3) is 11.1 Å². The van der Waals surface area contributed by atoms with Gasteiger partial charge in [-0.3, -0.25) is 0 Å². The summed E-state index contributed by atoms with van der Waals surface area (Å²) in [6, 6.07) is 0.492. The number of anilines is 1. The lowest BCUT2D eigenvalue weighted by molar-refractivity contribution is 0.349. The van der Waals surface area contributed by atoms with Gasteiger partial charge in [-0.15, -0.1) is 0 Å². The number of rotatable bonds is 2. The Morgan fingerprint density at radius 2 is 2.11 bits per heavy atom. The molecule has 2 aromatic rings. The van der Waals surface area contributed by atoms with Gasteiger partial charge in [-0.2, -0.15) is 4.98 Å². The van der Waals surface area contributed by atoms with Crippen molar-refractivity contribution in [2.24, 2.45) is 5.92 Å². The molecule has 5 heteroatoms. The van der Waals surface area contributed by atoms with Crippen LogP contribution in [0, 0.1) is 12.8 Å². The number of nitrogens with one attached hydrogen (secondary N) is 1. The normalized spacial score (nSPS) is 24.3. The molecule has 1 saturated carbocycles. The largest absolute Gasteiger partial charge is 0.366 e. The molecule has 0 saturated heterocycles. The maximum atomic E-state index is 5.16. The first-order valence-electron chi connectivity index (χ1n) is 6.59. The van der Waals surface area contributed by atoms with Gasteiger partial charge in [0.15, 0.2) is 0 Å². The molecule has 0 aliphatic heterocycles. The van der Waals surface area contributed by atoms with Gasteiger partial charge in [0.2, 0.25) is 0 Å². The van der Waals surface area contributed by atoms with E-state index in [2.05, 4.69) is 27.4 Å². The van der Waals surface area contributed by atoms with Gasteiger partial charge in [0.1, 0.15) is 17.5 Å². The summed E-state index contributed by atoms with van der Waals surface area (Å²) in [5, 5.41) is 8.41. The van der Waals surface area contributed by atoms with Crippen LogP contribution in [0.2, 0.25) is 0 Å². The second-order valence-corrected chi connectivity index (χ2v) is 5.18. The third-order valence-corrected chi connectivity index (χ3v) is 3.88. The molecule has 1 aliphatic carbocycles. The highest BCUT2D eigenvalue weighted by Gasteiger charge is 2.23. The minimum absolute atomic E-state index is 0.492. The van der Waals surface area contributed by atoms with E-state index in [1.807, 2.05) is 6.92 Å². The lowest BCUT2D eigenvalue weighted by Gasteiger charge is -2.29. The summed E-state index contributed by atoms with van der Waals surface area (Å²) in [5.74, 6) is 1.54. The van der Waals surface area contributed by atoms with Crippen LogP contribution in [0.15, 0.2) is 10.9 Å². The summed E-state index contributed by atoms with van der Waals surface area (Å²) in [6.07, 6.45) is 6.65. The predicted molar refractivity (Wildman–Crippen MR) is 69.4 cm³/mol. The highest BCUT2D eigenvalue weighted by Crippen LogP contribution is 2.29. The summed E-state index contributed by atoms with van der Waals surface area (Å²) in [4.78, 5) is 8.44. The number of hydrogen-bond donors (Lipinski definition) is 1. The fourth-order valence-electron chi connectivity index (χ4n) is 2.74. The molecule has 0 radical (unpaired) electrons. The van der Waals surface area contributed by atoms with E-state index >= 15 is 0 Å². The van der Waals surface area contributed by atoms with Crippen LogP contribution in [-0.2, 0) is 0 Å². The van der Waals surface area contributed by atoms with E-state index in [9.17, 15) is 0 Å². The Hall–Kier alpha value is -1.65. The molecule has 1 N–H and O–H groups in total. The van der Waals surface area contributed by atoms with E-state index in [0.717, 1.165) is 16.9 Å². The first kappa shape index (κ1) is 11.4. The fraction of sp³-hybridized carbons (Fsp3) is 0.615. The molecule has 2 heterocycles. The summed E-state index contributed by atoms with van der Waals surface area (Å²) in [6.45, 7) is 4.22. The topological polar surface area (TPSA) is 63.8 Å². The molecule has 2 unspecified atom stereocenters. The molecule has 0 spiro atoms. The minimum atomic E-state index is 0.492. The maximum Gasteiger partial charge on any atom is 0.263 e. The number of hydrogen-bond acceptors (Lipinski definition) is 5. The molecule has 1 aliphatic rings. The number of fused-ring (bicyclic) bond motifs is 1. The van der Waals surface area contributed by atoms with Crippen molar-refractivity contribution in [3.63, 3.8) is 0 Å². The number of aryl methyl sites for hydroxylation is 1. The molecular formula is C13H18N4O. The van der Waals surface area contributed by atoms with Crippen molar-refractivity contribution in [2.75, 3.05) is 5.32 Å². The van der Waals surface area contributed by atoms with E-state index in [-0.39, 0.29) is 0 Å². The average Bonchev–Trinajstić information content (AvgIpc) is 2.75. The van der Waals surface area contributed by atoms with Crippen molar-refractivity contribution in [2.45, 2.75) is 45.6 Å². The lowest BCUT2D eigenvalue weighted by atomic mass is 9.86. The Morgan fingerprint density at radius 3 is 2.94 bits per heavy atom. The summed E-state index contributed by atoms with van der Waals surface area (Å²) in [7, 11) is 0. The Bertz CT molecular complexity index is 551. The number of aromatic nitrogens is 3. The smallest absolute Gasteiger partial charge is 0.263 e.